The Morgan fingerprint density at radius 1 is 1.40 bits per heavy atom. The fourth-order valence-corrected chi connectivity index (χ4v) is 1.97. The molecule has 1 atom stereocenters. The van der Waals surface area contributed by atoms with Gasteiger partial charge in [-0.05, 0) is 26.0 Å². The molecule has 2 rings (SSSR count). The summed E-state index contributed by atoms with van der Waals surface area (Å²) in [5.74, 6) is -0.550. The lowest BCUT2D eigenvalue weighted by molar-refractivity contribution is 0.190. The maximum atomic E-state index is 13.9. The molecule has 0 amide bonds. The van der Waals surface area contributed by atoms with E-state index in [1.807, 2.05) is 6.92 Å². The third kappa shape index (κ3) is 3.14. The first kappa shape index (κ1) is 14.5. The molecule has 20 heavy (non-hydrogen) atoms. The van der Waals surface area contributed by atoms with Crippen LogP contribution in [0.5, 0.6) is 0 Å². The lowest BCUT2D eigenvalue weighted by Crippen LogP contribution is -2.23. The second-order valence-corrected chi connectivity index (χ2v) is 4.67. The lowest BCUT2D eigenvalue weighted by Gasteiger charge is -2.15. The average molecular weight is 281 g/mol. The smallest absolute Gasteiger partial charge is 0.208 e. The summed E-state index contributed by atoms with van der Waals surface area (Å²) in [5, 5.41) is 3.12. The van der Waals surface area contributed by atoms with Gasteiger partial charge in [-0.3, -0.25) is 4.57 Å². The van der Waals surface area contributed by atoms with Gasteiger partial charge in [0.15, 0.2) is 0 Å². The molecule has 0 aliphatic rings. The number of hydrogen-bond donors (Lipinski definition) is 1. The van der Waals surface area contributed by atoms with Crippen LogP contribution in [0.2, 0.25) is 0 Å². The van der Waals surface area contributed by atoms with Gasteiger partial charge in [-0.15, -0.1) is 0 Å². The Kier molecular flexibility index (Phi) is 4.34. The summed E-state index contributed by atoms with van der Waals surface area (Å²) in [5.41, 5.74) is 0.832. The van der Waals surface area contributed by atoms with E-state index >= 15 is 0 Å². The van der Waals surface area contributed by atoms with Crippen molar-refractivity contribution in [1.82, 2.24) is 9.55 Å². The molecule has 0 aliphatic heterocycles. The summed E-state index contributed by atoms with van der Waals surface area (Å²) >= 11 is 0. The molecular formula is C14H17F2N3O. The molecule has 1 aromatic carbocycles. The van der Waals surface area contributed by atoms with Gasteiger partial charge in [-0.25, -0.2) is 13.8 Å². The van der Waals surface area contributed by atoms with Crippen LogP contribution in [0.1, 0.15) is 12.6 Å². The highest BCUT2D eigenvalue weighted by molar-refractivity contribution is 5.44. The lowest BCUT2D eigenvalue weighted by atomic mass is 10.3. The zero-order valence-corrected chi connectivity index (χ0v) is 11.7. The van der Waals surface area contributed by atoms with E-state index in [-0.39, 0.29) is 11.7 Å². The molecule has 1 N–H and O–H groups in total. The van der Waals surface area contributed by atoms with Crippen LogP contribution in [0.3, 0.4) is 0 Å². The van der Waals surface area contributed by atoms with Gasteiger partial charge in [0.25, 0.3) is 0 Å². The van der Waals surface area contributed by atoms with E-state index in [2.05, 4.69) is 10.3 Å². The van der Waals surface area contributed by atoms with Gasteiger partial charge in [-0.1, -0.05) is 0 Å². The molecule has 0 saturated heterocycles. The number of imidazole rings is 1. The van der Waals surface area contributed by atoms with Crippen LogP contribution in [0.4, 0.5) is 14.7 Å². The summed E-state index contributed by atoms with van der Waals surface area (Å²) in [4.78, 5) is 4.29. The van der Waals surface area contributed by atoms with Crippen molar-refractivity contribution in [2.45, 2.75) is 19.9 Å². The first-order chi connectivity index (χ1) is 9.51. The zero-order chi connectivity index (χ0) is 14.7. The Labute approximate surface area is 116 Å². The standard InChI is InChI=1S/C14H17F2N3O/c1-9-7-19(13-6-11(15)4-5-12(13)16)14(17-9)18-10(2)8-20-3/h4-7,10H,8H2,1-3H3,(H,17,18). The number of hydrogen-bond acceptors (Lipinski definition) is 3. The molecule has 4 nitrogen and oxygen atoms in total. The average Bonchev–Trinajstić information content (AvgIpc) is 2.73. The molecule has 0 aliphatic carbocycles. The van der Waals surface area contributed by atoms with Gasteiger partial charge in [0.1, 0.15) is 11.6 Å². The van der Waals surface area contributed by atoms with Gasteiger partial charge in [0.2, 0.25) is 5.95 Å². The van der Waals surface area contributed by atoms with Crippen molar-refractivity contribution in [2.75, 3.05) is 19.0 Å². The minimum atomic E-state index is -0.508. The number of ether oxygens (including phenoxy) is 1. The highest BCUT2D eigenvalue weighted by Gasteiger charge is 2.14. The predicted octanol–water partition coefficient (Wildman–Crippen LogP) is 2.91. The quantitative estimate of drug-likeness (QED) is 0.916. The number of halogens is 2. The SMILES string of the molecule is COCC(C)Nc1nc(C)cn1-c1cc(F)ccc1F. The highest BCUT2D eigenvalue weighted by Crippen LogP contribution is 2.21. The van der Waals surface area contributed by atoms with E-state index in [1.54, 1.807) is 20.2 Å². The molecular weight excluding hydrogens is 264 g/mol. The van der Waals surface area contributed by atoms with Crippen LogP contribution in [-0.2, 0) is 4.74 Å². The van der Waals surface area contributed by atoms with Crippen molar-refractivity contribution >= 4 is 5.95 Å². The van der Waals surface area contributed by atoms with Gasteiger partial charge >= 0.3 is 0 Å². The molecule has 1 unspecified atom stereocenters. The molecule has 1 heterocycles. The summed E-state index contributed by atoms with van der Waals surface area (Å²) in [7, 11) is 1.60. The second kappa shape index (κ2) is 6.00. The second-order valence-electron chi connectivity index (χ2n) is 4.67. The maximum Gasteiger partial charge on any atom is 0.208 e. The minimum absolute atomic E-state index is 0.00262. The summed E-state index contributed by atoms with van der Waals surface area (Å²) in [6.07, 6.45) is 1.65. The third-order valence-electron chi connectivity index (χ3n) is 2.79. The van der Waals surface area contributed by atoms with Crippen molar-refractivity contribution in [3.05, 3.63) is 41.7 Å². The van der Waals surface area contributed by atoms with Crippen LogP contribution in [0, 0.1) is 18.6 Å². The Bertz CT molecular complexity index is 598. The Hall–Kier alpha value is -1.95. The molecule has 0 bridgehead atoms. The monoisotopic (exact) mass is 281 g/mol. The van der Waals surface area contributed by atoms with Crippen molar-refractivity contribution in [2.24, 2.45) is 0 Å². The van der Waals surface area contributed by atoms with E-state index in [0.717, 1.165) is 18.2 Å². The number of benzene rings is 1. The van der Waals surface area contributed by atoms with Crippen LogP contribution >= 0.6 is 0 Å². The van der Waals surface area contributed by atoms with Crippen LogP contribution in [0.25, 0.3) is 5.69 Å². The van der Waals surface area contributed by atoms with E-state index in [1.165, 1.54) is 4.57 Å². The number of anilines is 1. The molecule has 108 valence electrons. The topological polar surface area (TPSA) is 39.1 Å². The Balaban J connectivity index is 2.38. The number of methoxy groups -OCH3 is 1. The molecule has 0 fully saturated rings. The number of rotatable bonds is 5. The predicted molar refractivity (Wildman–Crippen MR) is 73.2 cm³/mol. The van der Waals surface area contributed by atoms with E-state index in [4.69, 9.17) is 4.74 Å². The fourth-order valence-electron chi connectivity index (χ4n) is 1.97. The summed E-state index contributed by atoms with van der Waals surface area (Å²) < 4.78 is 33.7. The number of nitrogens with one attached hydrogen (secondary N) is 1. The Morgan fingerprint density at radius 3 is 2.85 bits per heavy atom. The minimum Gasteiger partial charge on any atom is -0.383 e. The van der Waals surface area contributed by atoms with E-state index in [0.29, 0.717) is 18.2 Å². The first-order valence-corrected chi connectivity index (χ1v) is 6.28. The van der Waals surface area contributed by atoms with Crippen LogP contribution in [-0.4, -0.2) is 29.3 Å². The van der Waals surface area contributed by atoms with E-state index < -0.39 is 11.6 Å². The fraction of sp³-hybridized carbons (Fsp3) is 0.357. The molecule has 0 spiro atoms. The Morgan fingerprint density at radius 2 is 2.15 bits per heavy atom. The van der Waals surface area contributed by atoms with Crippen molar-refractivity contribution in [1.29, 1.82) is 0 Å². The zero-order valence-electron chi connectivity index (χ0n) is 11.7. The van der Waals surface area contributed by atoms with Gasteiger partial charge in [0.05, 0.1) is 18.0 Å². The van der Waals surface area contributed by atoms with Crippen LogP contribution in [0.15, 0.2) is 24.4 Å². The summed E-state index contributed by atoms with van der Waals surface area (Å²) in [6, 6.07) is 3.33. The number of aryl methyl sites for hydroxylation is 1. The maximum absolute atomic E-state index is 13.9. The summed E-state index contributed by atoms with van der Waals surface area (Å²) in [6.45, 7) is 4.19. The van der Waals surface area contributed by atoms with Crippen molar-refractivity contribution in [3.8, 4) is 5.69 Å². The first-order valence-electron chi connectivity index (χ1n) is 6.28. The molecule has 0 saturated carbocycles. The third-order valence-corrected chi connectivity index (χ3v) is 2.79. The largest absolute Gasteiger partial charge is 0.383 e. The van der Waals surface area contributed by atoms with Gasteiger partial charge in [-0.2, -0.15) is 0 Å². The van der Waals surface area contributed by atoms with Gasteiger partial charge in [0, 0.05) is 25.4 Å². The van der Waals surface area contributed by atoms with Crippen molar-refractivity contribution < 1.29 is 13.5 Å². The van der Waals surface area contributed by atoms with Gasteiger partial charge < -0.3 is 10.1 Å². The number of aromatic nitrogens is 2. The molecule has 2 aromatic rings. The molecule has 0 radical (unpaired) electrons. The molecule has 6 heteroatoms. The van der Waals surface area contributed by atoms with Crippen molar-refractivity contribution in [3.63, 3.8) is 0 Å². The molecule has 1 aromatic heterocycles. The van der Waals surface area contributed by atoms with Crippen LogP contribution < -0.4 is 5.32 Å². The highest BCUT2D eigenvalue weighted by atomic mass is 19.1. The normalized spacial score (nSPS) is 12.4. The van der Waals surface area contributed by atoms with E-state index in [9.17, 15) is 8.78 Å². The number of nitrogens with zero attached hydrogens (tertiary/aromatic N) is 2.